The maximum absolute atomic E-state index is 10.5. The lowest BCUT2D eigenvalue weighted by molar-refractivity contribution is 0.0727. The molecule has 120 valence electrons. The van der Waals surface area contributed by atoms with Crippen LogP contribution in [0.2, 0.25) is 0 Å². The van der Waals surface area contributed by atoms with Crippen LogP contribution < -0.4 is 0 Å². The van der Waals surface area contributed by atoms with Gasteiger partial charge < -0.3 is 5.11 Å². The Kier molecular flexibility index (Phi) is 5.84. The van der Waals surface area contributed by atoms with E-state index < -0.39 is 0 Å². The second kappa shape index (κ2) is 7.23. The molecule has 0 spiro atoms. The fourth-order valence-corrected chi connectivity index (χ4v) is 4.44. The maximum atomic E-state index is 10.5. The topological polar surface area (TPSA) is 33.1 Å². The molecule has 0 saturated heterocycles. The van der Waals surface area contributed by atoms with E-state index in [-0.39, 0.29) is 11.5 Å². The van der Waals surface area contributed by atoms with Gasteiger partial charge in [0.25, 0.3) is 0 Å². The molecule has 1 atom stereocenters. The molecule has 0 aromatic carbocycles. The Balaban J connectivity index is 1.85. The Labute approximate surface area is 134 Å². The van der Waals surface area contributed by atoms with Crippen LogP contribution in [0, 0.1) is 11.8 Å². The molecule has 0 bridgehead atoms. The molecule has 0 aliphatic heterocycles. The zero-order valence-electron chi connectivity index (χ0n) is 14.1. The van der Waals surface area contributed by atoms with Crippen LogP contribution >= 0.6 is 11.3 Å². The number of aromatic nitrogens is 1. The lowest BCUT2D eigenvalue weighted by atomic mass is 9.77. The lowest BCUT2D eigenvalue weighted by Gasteiger charge is -2.31. The molecule has 1 heterocycles. The summed E-state index contributed by atoms with van der Waals surface area (Å²) in [6, 6.07) is 0. The Morgan fingerprint density at radius 1 is 1.29 bits per heavy atom. The number of hydrogen-bond donors (Lipinski definition) is 1. The fourth-order valence-electron chi connectivity index (χ4n) is 3.36. The van der Waals surface area contributed by atoms with Gasteiger partial charge in [-0.1, -0.05) is 53.4 Å². The molecular formula is C18H31NOS. The highest BCUT2D eigenvalue weighted by Gasteiger charge is 2.27. The summed E-state index contributed by atoms with van der Waals surface area (Å²) < 4.78 is 0. The first-order chi connectivity index (χ1) is 9.90. The summed E-state index contributed by atoms with van der Waals surface area (Å²) in [6.45, 7) is 8.85. The summed E-state index contributed by atoms with van der Waals surface area (Å²) in [5.74, 6) is 1.39. The van der Waals surface area contributed by atoms with E-state index in [9.17, 15) is 5.11 Å². The average molecular weight is 310 g/mol. The molecule has 1 aliphatic rings. The van der Waals surface area contributed by atoms with Crippen LogP contribution in [0.3, 0.4) is 0 Å². The molecule has 2 rings (SSSR count). The average Bonchev–Trinajstić information content (AvgIpc) is 2.88. The van der Waals surface area contributed by atoms with Gasteiger partial charge in [-0.2, -0.15) is 0 Å². The van der Waals surface area contributed by atoms with Gasteiger partial charge in [0.2, 0.25) is 0 Å². The predicted octanol–water partition coefficient (Wildman–Crippen LogP) is 4.95. The second-order valence-corrected chi connectivity index (χ2v) is 8.66. The van der Waals surface area contributed by atoms with Crippen molar-refractivity contribution in [3.8, 4) is 0 Å². The molecule has 1 saturated carbocycles. The predicted molar refractivity (Wildman–Crippen MR) is 90.9 cm³/mol. The van der Waals surface area contributed by atoms with Crippen LogP contribution in [0.15, 0.2) is 5.38 Å². The van der Waals surface area contributed by atoms with Gasteiger partial charge >= 0.3 is 0 Å². The van der Waals surface area contributed by atoms with Crippen molar-refractivity contribution in [3.05, 3.63) is 16.1 Å². The van der Waals surface area contributed by atoms with Gasteiger partial charge in [-0.25, -0.2) is 4.98 Å². The first-order valence-electron chi connectivity index (χ1n) is 8.53. The monoisotopic (exact) mass is 309 g/mol. The van der Waals surface area contributed by atoms with E-state index in [0.29, 0.717) is 5.92 Å². The largest absolute Gasteiger partial charge is 0.392 e. The molecule has 1 aromatic rings. The van der Waals surface area contributed by atoms with Crippen LogP contribution in [0.25, 0.3) is 0 Å². The first kappa shape index (κ1) is 17.0. The number of rotatable bonds is 5. The normalized spacial score (nSPS) is 25.0. The summed E-state index contributed by atoms with van der Waals surface area (Å²) in [7, 11) is 0. The van der Waals surface area contributed by atoms with Crippen molar-refractivity contribution in [2.75, 3.05) is 0 Å². The third-order valence-electron chi connectivity index (χ3n) is 4.84. The third kappa shape index (κ3) is 4.79. The maximum Gasteiger partial charge on any atom is 0.0954 e. The van der Waals surface area contributed by atoms with Gasteiger partial charge in [-0.15, -0.1) is 11.3 Å². The van der Waals surface area contributed by atoms with Crippen LogP contribution in [0.1, 0.15) is 76.9 Å². The number of aliphatic hydroxyl groups excluding tert-OH is 1. The van der Waals surface area contributed by atoms with Gasteiger partial charge in [0.05, 0.1) is 16.8 Å². The fraction of sp³-hybridized carbons (Fsp3) is 0.833. The van der Waals surface area contributed by atoms with Crippen molar-refractivity contribution >= 4 is 11.3 Å². The molecule has 1 N–H and O–H groups in total. The smallest absolute Gasteiger partial charge is 0.0954 e. The minimum Gasteiger partial charge on any atom is -0.392 e. The number of aliphatic hydroxyl groups is 1. The molecule has 1 unspecified atom stereocenters. The molecule has 1 aromatic heterocycles. The molecule has 1 aliphatic carbocycles. The summed E-state index contributed by atoms with van der Waals surface area (Å²) in [5, 5.41) is 13.8. The molecule has 3 heteroatoms. The molecule has 2 nitrogen and oxygen atoms in total. The summed E-state index contributed by atoms with van der Waals surface area (Å²) in [5.41, 5.74) is 1.26. The quantitative estimate of drug-likeness (QED) is 0.834. The van der Waals surface area contributed by atoms with Gasteiger partial charge in [0, 0.05) is 17.2 Å². The zero-order chi connectivity index (χ0) is 15.5. The Hall–Kier alpha value is -0.410. The SMILES string of the molecule is CCCC1CCC(C(O)Cc2nc(C(C)(C)C)cs2)CC1. The number of nitrogens with zero attached hydrogens (tertiary/aromatic N) is 1. The van der Waals surface area contributed by atoms with E-state index in [1.54, 1.807) is 11.3 Å². The van der Waals surface area contributed by atoms with E-state index >= 15 is 0 Å². The van der Waals surface area contributed by atoms with Gasteiger partial charge in [-0.3, -0.25) is 0 Å². The lowest BCUT2D eigenvalue weighted by Crippen LogP contribution is -2.27. The van der Waals surface area contributed by atoms with Gasteiger partial charge in [-0.05, 0) is 24.7 Å². The summed E-state index contributed by atoms with van der Waals surface area (Å²) >= 11 is 1.71. The Morgan fingerprint density at radius 3 is 2.48 bits per heavy atom. The molecule has 1 fully saturated rings. The van der Waals surface area contributed by atoms with Crippen molar-refractivity contribution in [1.82, 2.24) is 4.98 Å². The first-order valence-corrected chi connectivity index (χ1v) is 9.41. The minimum atomic E-state index is -0.202. The van der Waals surface area contributed by atoms with Crippen LogP contribution in [-0.2, 0) is 11.8 Å². The highest BCUT2D eigenvalue weighted by molar-refractivity contribution is 7.09. The standard InChI is InChI=1S/C18H31NOS/c1-5-6-13-7-9-14(10-8-13)15(20)11-17-19-16(12-21-17)18(2,3)4/h12-15,20H,5-11H2,1-4H3. The summed E-state index contributed by atoms with van der Waals surface area (Å²) in [4.78, 5) is 4.72. The van der Waals surface area contributed by atoms with Crippen LogP contribution in [0.5, 0.6) is 0 Å². The molecule has 0 radical (unpaired) electrons. The van der Waals surface area contributed by atoms with E-state index in [1.807, 2.05) is 0 Å². The van der Waals surface area contributed by atoms with Gasteiger partial charge in [0.15, 0.2) is 0 Å². The van der Waals surface area contributed by atoms with Gasteiger partial charge in [0.1, 0.15) is 0 Å². The van der Waals surface area contributed by atoms with E-state index in [4.69, 9.17) is 4.98 Å². The Bertz CT molecular complexity index is 427. The van der Waals surface area contributed by atoms with Crippen molar-refractivity contribution in [1.29, 1.82) is 0 Å². The van der Waals surface area contributed by atoms with Crippen molar-refractivity contribution < 1.29 is 5.11 Å². The zero-order valence-corrected chi connectivity index (χ0v) is 14.9. The molecule has 0 amide bonds. The van der Waals surface area contributed by atoms with E-state index in [1.165, 1.54) is 38.5 Å². The van der Waals surface area contributed by atoms with Crippen molar-refractivity contribution in [3.63, 3.8) is 0 Å². The third-order valence-corrected chi connectivity index (χ3v) is 5.71. The Morgan fingerprint density at radius 2 is 1.95 bits per heavy atom. The molecule has 21 heavy (non-hydrogen) atoms. The van der Waals surface area contributed by atoms with E-state index in [2.05, 4.69) is 33.1 Å². The minimum absolute atomic E-state index is 0.109. The van der Waals surface area contributed by atoms with Crippen LogP contribution in [-0.4, -0.2) is 16.2 Å². The highest BCUT2D eigenvalue weighted by Crippen LogP contribution is 2.34. The molecular weight excluding hydrogens is 278 g/mol. The van der Waals surface area contributed by atoms with Crippen molar-refractivity contribution in [2.45, 2.75) is 84.2 Å². The second-order valence-electron chi connectivity index (χ2n) is 7.72. The highest BCUT2D eigenvalue weighted by atomic mass is 32.1. The number of thiazole rings is 1. The van der Waals surface area contributed by atoms with Crippen molar-refractivity contribution in [2.24, 2.45) is 11.8 Å². The summed E-state index contributed by atoms with van der Waals surface area (Å²) in [6.07, 6.45) is 8.21. The van der Waals surface area contributed by atoms with E-state index in [0.717, 1.165) is 23.0 Å². The number of hydrogen-bond acceptors (Lipinski definition) is 3. The van der Waals surface area contributed by atoms with Crippen LogP contribution in [0.4, 0.5) is 0 Å².